The number of anilines is 1. The van der Waals surface area contributed by atoms with E-state index in [-0.39, 0.29) is 29.7 Å². The molecule has 0 saturated heterocycles. The molecule has 1 fully saturated rings. The van der Waals surface area contributed by atoms with Gasteiger partial charge in [0, 0.05) is 23.1 Å². The molecule has 3 aromatic rings. The zero-order valence-electron chi connectivity index (χ0n) is 18.2. The van der Waals surface area contributed by atoms with Crippen molar-refractivity contribution in [2.75, 3.05) is 5.73 Å². The number of hydrogen-bond acceptors (Lipinski definition) is 4. The summed E-state index contributed by atoms with van der Waals surface area (Å²) in [6, 6.07) is 16.7. The fourth-order valence-corrected chi connectivity index (χ4v) is 4.87. The van der Waals surface area contributed by atoms with Crippen molar-refractivity contribution >= 4 is 28.4 Å². The normalized spacial score (nSPS) is 16.4. The number of benzene rings is 2. The summed E-state index contributed by atoms with van der Waals surface area (Å²) in [5.74, 6) is -0.0940. The SMILES string of the molecule is NC(=O)C(C[C@@H](NC(=O)c1ccc2ccnc(N)c2c1)c1ccccc1)C1CCCCC1. The fourth-order valence-electron chi connectivity index (χ4n) is 4.87. The highest BCUT2D eigenvalue weighted by atomic mass is 16.2. The Kier molecular flexibility index (Phi) is 6.69. The van der Waals surface area contributed by atoms with Gasteiger partial charge in [-0.1, -0.05) is 55.7 Å². The number of rotatable bonds is 7. The van der Waals surface area contributed by atoms with Gasteiger partial charge in [0.2, 0.25) is 5.91 Å². The van der Waals surface area contributed by atoms with Crippen LogP contribution in [0.25, 0.3) is 10.8 Å². The van der Waals surface area contributed by atoms with Gasteiger partial charge < -0.3 is 16.8 Å². The zero-order valence-corrected chi connectivity index (χ0v) is 18.2. The molecule has 1 unspecified atom stereocenters. The minimum Gasteiger partial charge on any atom is -0.383 e. The molecule has 2 aromatic carbocycles. The van der Waals surface area contributed by atoms with Gasteiger partial charge in [0.1, 0.15) is 5.82 Å². The summed E-state index contributed by atoms with van der Waals surface area (Å²) in [7, 11) is 0. The van der Waals surface area contributed by atoms with E-state index in [0.29, 0.717) is 17.8 Å². The molecule has 0 radical (unpaired) electrons. The average molecular weight is 431 g/mol. The molecule has 1 aliphatic rings. The Morgan fingerprint density at radius 2 is 1.78 bits per heavy atom. The first-order chi connectivity index (χ1) is 15.5. The van der Waals surface area contributed by atoms with Crippen LogP contribution in [-0.4, -0.2) is 16.8 Å². The second kappa shape index (κ2) is 9.81. The Labute approximate surface area is 188 Å². The van der Waals surface area contributed by atoms with Crippen LogP contribution in [0.1, 0.15) is 60.5 Å². The summed E-state index contributed by atoms with van der Waals surface area (Å²) in [6.07, 6.45) is 7.64. The van der Waals surface area contributed by atoms with Crippen molar-refractivity contribution < 1.29 is 9.59 Å². The molecule has 0 aliphatic heterocycles. The number of carbonyl (C=O) groups is 2. The van der Waals surface area contributed by atoms with Gasteiger partial charge in [0.25, 0.3) is 5.91 Å². The summed E-state index contributed by atoms with van der Waals surface area (Å²) >= 11 is 0. The van der Waals surface area contributed by atoms with Crippen molar-refractivity contribution in [2.45, 2.75) is 44.6 Å². The minimum atomic E-state index is -0.315. The first-order valence-corrected chi connectivity index (χ1v) is 11.3. The number of hydrogen-bond donors (Lipinski definition) is 3. The molecular weight excluding hydrogens is 400 g/mol. The van der Waals surface area contributed by atoms with E-state index >= 15 is 0 Å². The maximum absolute atomic E-state index is 13.2. The highest BCUT2D eigenvalue weighted by molar-refractivity contribution is 6.01. The van der Waals surface area contributed by atoms with Crippen LogP contribution in [0.5, 0.6) is 0 Å². The van der Waals surface area contributed by atoms with Crippen molar-refractivity contribution in [3.05, 3.63) is 71.9 Å². The molecule has 6 heteroatoms. The van der Waals surface area contributed by atoms with Crippen LogP contribution in [0.4, 0.5) is 5.82 Å². The third-order valence-electron chi connectivity index (χ3n) is 6.64. The van der Waals surface area contributed by atoms with Gasteiger partial charge in [-0.15, -0.1) is 0 Å². The second-order valence-electron chi connectivity index (χ2n) is 8.71. The standard InChI is InChI=1S/C26H30N4O2/c27-24-21-15-20(12-11-18(21)13-14-29-24)26(32)30-23(19-9-5-2-6-10-19)16-22(25(28)31)17-7-3-1-4-8-17/h2,5-6,9-15,17,22-23H,1,3-4,7-8,16H2,(H2,27,29)(H2,28,31)(H,30,32)/t22?,23-/m1/s1. The number of aromatic nitrogens is 1. The monoisotopic (exact) mass is 430 g/mol. The lowest BCUT2D eigenvalue weighted by atomic mass is 9.76. The quantitative estimate of drug-likeness (QED) is 0.517. The van der Waals surface area contributed by atoms with Crippen molar-refractivity contribution in [3.8, 4) is 0 Å². The summed E-state index contributed by atoms with van der Waals surface area (Å²) in [5.41, 5.74) is 13.3. The predicted molar refractivity (Wildman–Crippen MR) is 127 cm³/mol. The highest BCUT2D eigenvalue weighted by Gasteiger charge is 2.31. The lowest BCUT2D eigenvalue weighted by molar-refractivity contribution is -0.124. The number of fused-ring (bicyclic) bond motifs is 1. The number of nitrogens with zero attached hydrogens (tertiary/aromatic N) is 1. The van der Waals surface area contributed by atoms with E-state index in [4.69, 9.17) is 11.5 Å². The topological polar surface area (TPSA) is 111 Å². The molecule has 2 atom stereocenters. The third kappa shape index (κ3) is 4.90. The van der Waals surface area contributed by atoms with Crippen LogP contribution in [0.3, 0.4) is 0 Å². The Hall–Kier alpha value is -3.41. The number of nitrogen functional groups attached to an aromatic ring is 1. The van der Waals surface area contributed by atoms with Crippen LogP contribution in [0, 0.1) is 11.8 Å². The average Bonchev–Trinajstić information content (AvgIpc) is 2.82. The first kappa shape index (κ1) is 21.8. The molecule has 2 amide bonds. The molecule has 1 aromatic heterocycles. The molecule has 5 N–H and O–H groups in total. The van der Waals surface area contributed by atoms with Crippen molar-refractivity contribution in [3.63, 3.8) is 0 Å². The maximum Gasteiger partial charge on any atom is 0.251 e. The fraction of sp³-hybridized carbons (Fsp3) is 0.346. The van der Waals surface area contributed by atoms with Crippen LogP contribution >= 0.6 is 0 Å². The number of amides is 2. The number of primary amides is 1. The number of nitrogens with one attached hydrogen (secondary N) is 1. The molecule has 1 saturated carbocycles. The van der Waals surface area contributed by atoms with E-state index in [1.807, 2.05) is 42.5 Å². The predicted octanol–water partition coefficient (Wildman–Crippen LogP) is 4.36. The van der Waals surface area contributed by atoms with Gasteiger partial charge in [-0.05, 0) is 54.3 Å². The van der Waals surface area contributed by atoms with Crippen molar-refractivity contribution in [2.24, 2.45) is 17.6 Å². The van der Waals surface area contributed by atoms with Crippen molar-refractivity contribution in [1.29, 1.82) is 0 Å². The number of pyridine rings is 1. The molecule has 32 heavy (non-hydrogen) atoms. The molecule has 0 spiro atoms. The van der Waals surface area contributed by atoms with Crippen molar-refractivity contribution in [1.82, 2.24) is 10.3 Å². The van der Waals surface area contributed by atoms with E-state index in [1.165, 1.54) is 6.42 Å². The second-order valence-corrected chi connectivity index (χ2v) is 8.71. The first-order valence-electron chi connectivity index (χ1n) is 11.3. The lowest BCUT2D eigenvalue weighted by Gasteiger charge is -2.31. The van der Waals surface area contributed by atoms with Gasteiger partial charge in [-0.3, -0.25) is 9.59 Å². The zero-order chi connectivity index (χ0) is 22.5. The van der Waals surface area contributed by atoms with E-state index in [0.717, 1.165) is 42.0 Å². The van der Waals surface area contributed by atoms with E-state index in [2.05, 4.69) is 10.3 Å². The van der Waals surface area contributed by atoms with Gasteiger partial charge in [0.15, 0.2) is 0 Å². The summed E-state index contributed by atoms with van der Waals surface area (Å²) in [4.78, 5) is 29.7. The van der Waals surface area contributed by atoms with Crippen LogP contribution in [0.15, 0.2) is 60.8 Å². The van der Waals surface area contributed by atoms with Gasteiger partial charge in [-0.2, -0.15) is 0 Å². The number of carbonyl (C=O) groups excluding carboxylic acids is 2. The van der Waals surface area contributed by atoms with E-state index in [1.54, 1.807) is 18.3 Å². The van der Waals surface area contributed by atoms with Gasteiger partial charge in [-0.25, -0.2) is 4.98 Å². The molecule has 0 bridgehead atoms. The molecule has 1 heterocycles. The smallest absolute Gasteiger partial charge is 0.251 e. The Balaban J connectivity index is 1.60. The molecule has 1 aliphatic carbocycles. The van der Waals surface area contributed by atoms with Crippen LogP contribution in [0.2, 0.25) is 0 Å². The molecule has 6 nitrogen and oxygen atoms in total. The van der Waals surface area contributed by atoms with E-state index in [9.17, 15) is 9.59 Å². The Bertz CT molecular complexity index is 1090. The third-order valence-corrected chi connectivity index (χ3v) is 6.64. The minimum absolute atomic E-state index is 0.212. The molecule has 4 rings (SSSR count). The summed E-state index contributed by atoms with van der Waals surface area (Å²) in [6.45, 7) is 0. The molecular formula is C26H30N4O2. The van der Waals surface area contributed by atoms with E-state index < -0.39 is 0 Å². The summed E-state index contributed by atoms with van der Waals surface area (Å²) in [5, 5.41) is 4.82. The Morgan fingerprint density at radius 3 is 2.50 bits per heavy atom. The number of nitrogens with two attached hydrogens (primary N) is 2. The van der Waals surface area contributed by atoms with Crippen LogP contribution < -0.4 is 16.8 Å². The Morgan fingerprint density at radius 1 is 1.03 bits per heavy atom. The molecule has 166 valence electrons. The lowest BCUT2D eigenvalue weighted by Crippen LogP contribution is -2.37. The highest BCUT2D eigenvalue weighted by Crippen LogP contribution is 2.35. The largest absolute Gasteiger partial charge is 0.383 e. The maximum atomic E-state index is 13.2. The van der Waals surface area contributed by atoms with Gasteiger partial charge in [0.05, 0.1) is 6.04 Å². The summed E-state index contributed by atoms with van der Waals surface area (Å²) < 4.78 is 0. The van der Waals surface area contributed by atoms with Gasteiger partial charge >= 0.3 is 0 Å². The van der Waals surface area contributed by atoms with Crippen LogP contribution in [-0.2, 0) is 4.79 Å².